The smallest absolute Gasteiger partial charge is 0.336 e. The number of rotatable bonds is 8. The lowest BCUT2D eigenvalue weighted by Gasteiger charge is -2.29. The summed E-state index contributed by atoms with van der Waals surface area (Å²) >= 11 is 0. The predicted octanol–water partition coefficient (Wildman–Crippen LogP) is 7.44. The Hall–Kier alpha value is -1.73. The van der Waals surface area contributed by atoms with Crippen molar-refractivity contribution in [3.63, 3.8) is 0 Å². The number of aryl methyl sites for hydroxylation is 1. The van der Waals surface area contributed by atoms with E-state index in [0.29, 0.717) is 23.7 Å². The van der Waals surface area contributed by atoms with Crippen molar-refractivity contribution in [1.82, 2.24) is 0 Å². The van der Waals surface area contributed by atoms with E-state index in [1.165, 1.54) is 18.4 Å². The first-order valence-corrected chi connectivity index (χ1v) is 13.3. The van der Waals surface area contributed by atoms with E-state index in [9.17, 15) is 8.96 Å². The third kappa shape index (κ3) is 5.49. The molecule has 2 aromatic rings. The fraction of sp³-hybridized carbons (Fsp3) is 0.538. The Balaban J connectivity index is 1.31. The number of ether oxygens (including phenoxy) is 1. The van der Waals surface area contributed by atoms with Gasteiger partial charge in [0.25, 0.3) is 0 Å². The average molecular weight is 428 g/mol. The van der Waals surface area contributed by atoms with Crippen LogP contribution in [-0.4, -0.2) is 19.4 Å². The molecule has 0 saturated heterocycles. The minimum Gasteiger partial charge on any atom is -0.493 e. The molecule has 0 N–H and O–H groups in total. The van der Waals surface area contributed by atoms with Gasteiger partial charge in [-0.25, -0.2) is 4.39 Å². The van der Waals surface area contributed by atoms with Crippen molar-refractivity contribution < 1.29 is 13.7 Å². The fourth-order valence-electron chi connectivity index (χ4n) is 4.97. The maximum absolute atomic E-state index is 14.2. The van der Waals surface area contributed by atoms with Crippen LogP contribution in [0.5, 0.6) is 5.75 Å². The van der Waals surface area contributed by atoms with E-state index in [4.69, 9.17) is 4.74 Å². The van der Waals surface area contributed by atoms with Crippen molar-refractivity contribution >= 4 is 7.80 Å². The monoisotopic (exact) mass is 427 g/mol. The number of hydrogen-bond donors (Lipinski definition) is 0. The zero-order valence-corrected chi connectivity index (χ0v) is 19.0. The molecule has 2 aromatic carbocycles. The Labute approximate surface area is 181 Å². The van der Waals surface area contributed by atoms with E-state index in [0.717, 1.165) is 55.3 Å². The molecule has 2 aliphatic carbocycles. The van der Waals surface area contributed by atoms with Gasteiger partial charge < -0.3 is 4.74 Å². The molecule has 0 bridgehead atoms. The molecule has 4 rings (SSSR count). The van der Waals surface area contributed by atoms with Crippen molar-refractivity contribution in [3.8, 4) is 5.75 Å². The lowest BCUT2D eigenvalue weighted by Crippen LogP contribution is -2.20. The zero-order chi connectivity index (χ0) is 21.1. The summed E-state index contributed by atoms with van der Waals surface area (Å²) < 4.78 is 32.2. The maximum atomic E-state index is 14.2. The normalized spacial score (nSPS) is 23.1. The second-order valence-corrected chi connectivity index (χ2v) is 11.0. The molecule has 0 amide bonds. The van der Waals surface area contributed by atoms with Crippen LogP contribution in [0.3, 0.4) is 0 Å². The third-order valence-electron chi connectivity index (χ3n) is 6.85. The largest absolute Gasteiger partial charge is 0.493 e. The predicted molar refractivity (Wildman–Crippen MR) is 122 cm³/mol. The van der Waals surface area contributed by atoms with E-state index >= 15 is 0 Å². The molecule has 30 heavy (non-hydrogen) atoms. The van der Waals surface area contributed by atoms with E-state index in [-0.39, 0.29) is 5.82 Å². The van der Waals surface area contributed by atoms with E-state index in [1.807, 2.05) is 31.8 Å². The molecule has 2 saturated carbocycles. The minimum atomic E-state index is -1.13. The van der Waals surface area contributed by atoms with Crippen molar-refractivity contribution in [2.75, 3.05) is 19.4 Å². The summed E-state index contributed by atoms with van der Waals surface area (Å²) in [7, 11) is -1.13. The van der Waals surface area contributed by atoms with Crippen LogP contribution in [0.4, 0.5) is 4.39 Å². The van der Waals surface area contributed by atoms with Crippen LogP contribution in [-0.2, 0) is 4.57 Å². The van der Waals surface area contributed by atoms with Crippen LogP contribution >= 0.6 is 7.80 Å². The van der Waals surface area contributed by atoms with Gasteiger partial charge in [-0.15, -0.1) is 0 Å². The molecule has 0 heterocycles. The van der Waals surface area contributed by atoms with Crippen molar-refractivity contribution in [2.45, 2.75) is 57.3 Å². The summed E-state index contributed by atoms with van der Waals surface area (Å²) in [4.78, 5) is 0. The quantitative estimate of drug-likeness (QED) is 0.409. The topological polar surface area (TPSA) is 26.3 Å². The lowest BCUT2D eigenvalue weighted by molar-refractivity contribution is 0.199. The molecule has 2 nitrogen and oxygen atoms in total. The lowest BCUT2D eigenvalue weighted by atomic mass is 9.78. The highest BCUT2D eigenvalue weighted by molar-refractivity contribution is 7.43. The van der Waals surface area contributed by atoms with Crippen LogP contribution in [0, 0.1) is 24.6 Å². The van der Waals surface area contributed by atoms with Crippen LogP contribution in [0.2, 0.25) is 0 Å². The van der Waals surface area contributed by atoms with E-state index in [2.05, 4.69) is 18.2 Å². The summed E-state index contributed by atoms with van der Waals surface area (Å²) in [5.74, 6) is 2.83. The number of halogens is 1. The van der Waals surface area contributed by atoms with Crippen molar-refractivity contribution in [1.29, 1.82) is 0 Å². The van der Waals surface area contributed by atoms with Gasteiger partial charge in [-0.05, 0) is 92.5 Å². The summed E-state index contributed by atoms with van der Waals surface area (Å²) in [5.41, 5.74) is 3.30. The first-order valence-electron chi connectivity index (χ1n) is 11.4. The summed E-state index contributed by atoms with van der Waals surface area (Å²) in [6, 6.07) is 13.9. The van der Waals surface area contributed by atoms with Gasteiger partial charge in [-0.1, -0.05) is 34.4 Å². The van der Waals surface area contributed by atoms with Gasteiger partial charge in [-0.3, -0.25) is 0 Å². The molecule has 4 heteroatoms. The molecule has 160 valence electrons. The Morgan fingerprint density at radius 3 is 2.53 bits per heavy atom. The Morgan fingerprint density at radius 2 is 1.83 bits per heavy atom. The molecule has 2 aliphatic rings. The SMILES string of the molecule is Cc1ccc(F)c(C2CCC(COc3cccc([C@@H](C[P+](C)=O)C4CC4)c3)CC2)c1. The van der Waals surface area contributed by atoms with Crippen LogP contribution in [0.1, 0.15) is 67.1 Å². The first-order chi connectivity index (χ1) is 14.5. The van der Waals surface area contributed by atoms with Gasteiger partial charge >= 0.3 is 7.80 Å². The maximum Gasteiger partial charge on any atom is 0.336 e. The van der Waals surface area contributed by atoms with Crippen molar-refractivity contribution in [2.24, 2.45) is 11.8 Å². The van der Waals surface area contributed by atoms with Crippen molar-refractivity contribution in [3.05, 3.63) is 65.0 Å². The summed E-state index contributed by atoms with van der Waals surface area (Å²) in [6.45, 7) is 4.59. The molecule has 0 spiro atoms. The molecule has 0 aromatic heterocycles. The van der Waals surface area contributed by atoms with Crippen LogP contribution in [0.15, 0.2) is 42.5 Å². The van der Waals surface area contributed by atoms with Crippen LogP contribution in [0.25, 0.3) is 0 Å². The van der Waals surface area contributed by atoms with E-state index < -0.39 is 7.80 Å². The van der Waals surface area contributed by atoms with Gasteiger partial charge in [-0.2, -0.15) is 0 Å². The van der Waals surface area contributed by atoms with Gasteiger partial charge in [0.15, 0.2) is 6.16 Å². The van der Waals surface area contributed by atoms with Gasteiger partial charge in [0.1, 0.15) is 18.2 Å². The molecule has 0 aliphatic heterocycles. The number of hydrogen-bond acceptors (Lipinski definition) is 2. The molecule has 0 radical (unpaired) electrons. The highest BCUT2D eigenvalue weighted by Gasteiger charge is 2.36. The Morgan fingerprint density at radius 1 is 1.07 bits per heavy atom. The standard InChI is InChI=1S/C26H33FO2P/c1-18-6-13-26(27)24(14-18)20-9-7-19(8-10-20)16-29-23-5-3-4-22(15-23)25(17-30(2)28)21-11-12-21/h3-6,13-15,19-21,25H,7-12,16-17H2,1-2H3/q+1/t19?,20?,25-/m0/s1. The zero-order valence-electron chi connectivity index (χ0n) is 18.1. The molecular formula is C26H33FO2P+. The molecule has 2 fully saturated rings. The minimum absolute atomic E-state index is 0.0591. The second kappa shape index (κ2) is 9.60. The highest BCUT2D eigenvalue weighted by atomic mass is 31.1. The molecular weight excluding hydrogens is 394 g/mol. The Kier molecular flexibility index (Phi) is 6.88. The summed E-state index contributed by atoms with van der Waals surface area (Å²) in [6.07, 6.45) is 7.51. The van der Waals surface area contributed by atoms with Crippen LogP contribution < -0.4 is 4.74 Å². The summed E-state index contributed by atoms with van der Waals surface area (Å²) in [5, 5.41) is 0. The van der Waals surface area contributed by atoms with Gasteiger partial charge in [0.2, 0.25) is 0 Å². The van der Waals surface area contributed by atoms with Gasteiger partial charge in [0, 0.05) is 5.92 Å². The van der Waals surface area contributed by atoms with E-state index in [1.54, 1.807) is 6.07 Å². The number of benzene rings is 2. The fourth-order valence-corrected chi connectivity index (χ4v) is 6.03. The first kappa shape index (κ1) is 21.5. The Bertz CT molecular complexity index is 884. The third-order valence-corrected chi connectivity index (χ3v) is 7.76. The highest BCUT2D eigenvalue weighted by Crippen LogP contribution is 2.46. The average Bonchev–Trinajstić information content (AvgIpc) is 3.58. The second-order valence-electron chi connectivity index (χ2n) is 9.38. The molecule has 1 unspecified atom stereocenters. The van der Waals surface area contributed by atoms with Gasteiger partial charge in [0.05, 0.1) is 6.61 Å². The molecule has 2 atom stereocenters.